The van der Waals surface area contributed by atoms with Crippen molar-refractivity contribution in [3.63, 3.8) is 0 Å². The second-order valence-electron chi connectivity index (χ2n) is 13.4. The summed E-state index contributed by atoms with van der Waals surface area (Å²) in [4.78, 5) is 42.1. The fraction of sp³-hybridized carbons (Fsp3) is 0.447. The molecule has 0 fully saturated rings. The van der Waals surface area contributed by atoms with Gasteiger partial charge in [0.15, 0.2) is 0 Å². The Bertz CT molecular complexity index is 1650. The Kier molecular flexibility index (Phi) is 14.0. The summed E-state index contributed by atoms with van der Waals surface area (Å²) in [5.74, 6) is -1.29. The monoisotopic (exact) mass is 728 g/mol. The van der Waals surface area contributed by atoms with Crippen molar-refractivity contribution >= 4 is 29.3 Å². The third-order valence-corrected chi connectivity index (χ3v) is 8.92. The van der Waals surface area contributed by atoms with Crippen molar-refractivity contribution in [2.24, 2.45) is 5.92 Å². The van der Waals surface area contributed by atoms with Crippen molar-refractivity contribution in [3.05, 3.63) is 89.0 Å². The van der Waals surface area contributed by atoms with E-state index in [4.69, 9.17) is 9.47 Å². The molecule has 0 unspecified atom stereocenters. The van der Waals surface area contributed by atoms with E-state index in [1.54, 1.807) is 48.2 Å². The highest BCUT2D eigenvalue weighted by Gasteiger charge is 2.31. The minimum atomic E-state index is -4.51. The Morgan fingerprint density at radius 2 is 1.65 bits per heavy atom. The standard InChI is InChI=1S/C38H47F3N4O7/c1-24-20-45(25(2)23-46)35(47)32-19-31(43-37(50)42-30-14-12-29(13-15-30)38(39,40)41)16-17-33(32)52-26(3)7-5-6-18-51-34(24)22-44(4)21-27-8-10-28(11-9-27)36(48)49/h8-17,19,24-26,34,46H,5-7,18,20-23H2,1-4H3,(H,48,49)(H2,42,43,50)/t24-,25-,26-,34+/m1/s1. The molecule has 3 amide bonds. The van der Waals surface area contributed by atoms with Crippen LogP contribution in [0, 0.1) is 5.92 Å². The summed E-state index contributed by atoms with van der Waals surface area (Å²) in [5.41, 5.74) is 0.869. The summed E-state index contributed by atoms with van der Waals surface area (Å²) in [5, 5.41) is 24.6. The molecule has 0 aliphatic carbocycles. The number of nitrogens with zero attached hydrogens (tertiary/aromatic N) is 2. The van der Waals surface area contributed by atoms with E-state index in [1.807, 2.05) is 20.9 Å². The number of amides is 3. The first-order valence-corrected chi connectivity index (χ1v) is 17.2. The lowest BCUT2D eigenvalue weighted by Gasteiger charge is -2.36. The molecule has 4 N–H and O–H groups in total. The van der Waals surface area contributed by atoms with Crippen molar-refractivity contribution in [2.75, 3.05) is 44.0 Å². The number of urea groups is 1. The second-order valence-corrected chi connectivity index (χ2v) is 13.4. The van der Waals surface area contributed by atoms with Crippen LogP contribution in [0.2, 0.25) is 0 Å². The molecule has 0 aromatic heterocycles. The summed E-state index contributed by atoms with van der Waals surface area (Å²) >= 11 is 0. The molecule has 3 aromatic carbocycles. The van der Waals surface area contributed by atoms with Crippen LogP contribution in [-0.4, -0.2) is 89.5 Å². The molecule has 11 nitrogen and oxygen atoms in total. The van der Waals surface area contributed by atoms with Crippen LogP contribution in [0.1, 0.15) is 71.9 Å². The minimum Gasteiger partial charge on any atom is -0.490 e. The number of rotatable bonds is 9. The molecule has 0 radical (unpaired) electrons. The molecule has 1 heterocycles. The average Bonchev–Trinajstić information content (AvgIpc) is 3.09. The number of likely N-dealkylation sites (N-methyl/N-ethyl adjacent to an activating group) is 1. The average molecular weight is 729 g/mol. The molecule has 1 aliphatic heterocycles. The van der Waals surface area contributed by atoms with Gasteiger partial charge in [0.1, 0.15) is 5.75 Å². The normalized spacial score (nSPS) is 19.6. The molecule has 0 bridgehead atoms. The van der Waals surface area contributed by atoms with Crippen LogP contribution >= 0.6 is 0 Å². The first kappa shape index (κ1) is 40.1. The first-order chi connectivity index (χ1) is 24.6. The van der Waals surface area contributed by atoms with Crippen LogP contribution in [0.4, 0.5) is 29.3 Å². The first-order valence-electron chi connectivity index (χ1n) is 17.2. The molecule has 0 saturated carbocycles. The van der Waals surface area contributed by atoms with E-state index in [0.29, 0.717) is 31.9 Å². The number of anilines is 2. The van der Waals surface area contributed by atoms with Crippen LogP contribution in [0.5, 0.6) is 5.75 Å². The van der Waals surface area contributed by atoms with Gasteiger partial charge in [-0.15, -0.1) is 0 Å². The van der Waals surface area contributed by atoms with E-state index >= 15 is 0 Å². The highest BCUT2D eigenvalue weighted by Crippen LogP contribution is 2.31. The maximum atomic E-state index is 14.4. The Balaban J connectivity index is 1.55. The zero-order valence-electron chi connectivity index (χ0n) is 29.8. The maximum Gasteiger partial charge on any atom is 0.416 e. The Labute approximate surface area is 301 Å². The number of hydrogen-bond donors (Lipinski definition) is 4. The summed E-state index contributed by atoms with van der Waals surface area (Å²) < 4.78 is 51.5. The van der Waals surface area contributed by atoms with E-state index in [1.165, 1.54) is 6.07 Å². The quantitative estimate of drug-likeness (QED) is 0.185. The van der Waals surface area contributed by atoms with Crippen molar-refractivity contribution < 1.29 is 47.2 Å². The number of aliphatic hydroxyl groups excluding tert-OH is 1. The SMILES string of the molecule is C[C@@H]1CCCCO[C@@H](CN(C)Cc2ccc(C(=O)O)cc2)[C@H](C)CN([C@H](C)CO)C(=O)c2cc(NC(=O)Nc3ccc(C(F)(F)F)cc3)ccc2O1. The second kappa shape index (κ2) is 18.2. The van der Waals surface area contributed by atoms with Gasteiger partial charge in [-0.1, -0.05) is 19.1 Å². The number of aromatic carboxylic acids is 1. The molecule has 4 atom stereocenters. The van der Waals surface area contributed by atoms with Gasteiger partial charge in [-0.2, -0.15) is 13.2 Å². The summed E-state index contributed by atoms with van der Waals surface area (Å²) in [6.07, 6.45) is -2.76. The van der Waals surface area contributed by atoms with Gasteiger partial charge in [-0.3, -0.25) is 9.69 Å². The number of ether oxygens (including phenoxy) is 2. The molecular formula is C38H47F3N4O7. The Hall–Kier alpha value is -4.66. The lowest BCUT2D eigenvalue weighted by Crippen LogP contribution is -2.47. The fourth-order valence-corrected chi connectivity index (χ4v) is 5.94. The highest BCUT2D eigenvalue weighted by atomic mass is 19.4. The van der Waals surface area contributed by atoms with Crippen molar-refractivity contribution in [1.29, 1.82) is 0 Å². The third kappa shape index (κ3) is 11.4. The van der Waals surface area contributed by atoms with Gasteiger partial charge in [0.25, 0.3) is 5.91 Å². The van der Waals surface area contributed by atoms with Gasteiger partial charge >= 0.3 is 18.2 Å². The molecule has 3 aromatic rings. The van der Waals surface area contributed by atoms with Gasteiger partial charge in [0.2, 0.25) is 0 Å². The molecule has 0 saturated heterocycles. The maximum absolute atomic E-state index is 14.4. The van der Waals surface area contributed by atoms with Crippen LogP contribution in [0.3, 0.4) is 0 Å². The van der Waals surface area contributed by atoms with E-state index in [0.717, 1.165) is 42.7 Å². The fourth-order valence-electron chi connectivity index (χ4n) is 5.94. The number of benzene rings is 3. The zero-order chi connectivity index (χ0) is 38.0. The van der Waals surface area contributed by atoms with E-state index in [2.05, 4.69) is 15.5 Å². The van der Waals surface area contributed by atoms with Crippen molar-refractivity contribution in [1.82, 2.24) is 9.80 Å². The lowest BCUT2D eigenvalue weighted by atomic mass is 10.0. The summed E-state index contributed by atoms with van der Waals surface area (Å²) in [6, 6.07) is 14.1. The van der Waals surface area contributed by atoms with E-state index < -0.39 is 35.7 Å². The number of fused-ring (bicyclic) bond motifs is 1. The molecule has 0 spiro atoms. The Morgan fingerprint density at radius 3 is 2.29 bits per heavy atom. The third-order valence-electron chi connectivity index (χ3n) is 8.92. The van der Waals surface area contributed by atoms with Crippen LogP contribution in [0.25, 0.3) is 0 Å². The van der Waals surface area contributed by atoms with E-state index in [9.17, 15) is 37.8 Å². The molecule has 282 valence electrons. The van der Waals surface area contributed by atoms with Crippen molar-refractivity contribution in [2.45, 2.75) is 71.0 Å². The Morgan fingerprint density at radius 1 is 1.00 bits per heavy atom. The zero-order valence-corrected chi connectivity index (χ0v) is 29.8. The van der Waals surface area contributed by atoms with E-state index in [-0.39, 0.29) is 53.8 Å². The number of halogens is 3. The number of carboxylic acids is 1. The van der Waals surface area contributed by atoms with Crippen LogP contribution in [0.15, 0.2) is 66.7 Å². The van der Waals surface area contributed by atoms with Gasteiger partial charge in [0, 0.05) is 43.5 Å². The predicted octanol–water partition coefficient (Wildman–Crippen LogP) is 6.98. The number of carbonyl (C=O) groups is 3. The predicted molar refractivity (Wildman–Crippen MR) is 191 cm³/mol. The smallest absolute Gasteiger partial charge is 0.416 e. The molecule has 14 heteroatoms. The lowest BCUT2D eigenvalue weighted by molar-refractivity contribution is -0.137. The molecule has 52 heavy (non-hydrogen) atoms. The number of aliphatic hydroxyl groups is 1. The molecule has 4 rings (SSSR count). The van der Waals surface area contributed by atoms with Crippen LogP contribution < -0.4 is 15.4 Å². The van der Waals surface area contributed by atoms with Crippen molar-refractivity contribution in [3.8, 4) is 5.75 Å². The summed E-state index contributed by atoms with van der Waals surface area (Å²) in [6.45, 7) is 7.12. The topological polar surface area (TPSA) is 141 Å². The van der Waals surface area contributed by atoms with Crippen LogP contribution in [-0.2, 0) is 17.5 Å². The number of nitrogens with one attached hydrogen (secondary N) is 2. The number of hydrogen-bond acceptors (Lipinski definition) is 7. The summed E-state index contributed by atoms with van der Waals surface area (Å²) in [7, 11) is 1.95. The van der Waals surface area contributed by atoms with Gasteiger partial charge < -0.3 is 35.2 Å². The number of alkyl halides is 3. The highest BCUT2D eigenvalue weighted by molar-refractivity contribution is 6.02. The number of carboxylic acid groups (broad SMARTS) is 1. The minimum absolute atomic E-state index is 0.146. The molecular weight excluding hydrogens is 681 g/mol. The molecule has 1 aliphatic rings. The van der Waals surface area contributed by atoms with Gasteiger partial charge in [-0.25, -0.2) is 9.59 Å². The van der Waals surface area contributed by atoms with Gasteiger partial charge in [0.05, 0.1) is 41.5 Å². The van der Waals surface area contributed by atoms with Gasteiger partial charge in [-0.05, 0) is 100 Å². The largest absolute Gasteiger partial charge is 0.490 e. The number of carbonyl (C=O) groups excluding carboxylic acids is 2.